The predicted octanol–water partition coefficient (Wildman–Crippen LogP) is 3.19. The van der Waals surface area contributed by atoms with Crippen LogP contribution in [0.1, 0.15) is 23.1 Å². The fourth-order valence-corrected chi connectivity index (χ4v) is 3.01. The number of hydrogen-bond acceptors (Lipinski definition) is 7. The van der Waals surface area contributed by atoms with Crippen LogP contribution in [0.4, 0.5) is 0 Å². The van der Waals surface area contributed by atoms with Crippen LogP contribution in [0.3, 0.4) is 0 Å². The topological polar surface area (TPSA) is 128 Å². The molecule has 2 rings (SSSR count). The van der Waals surface area contributed by atoms with Crippen LogP contribution in [-0.4, -0.2) is 43.2 Å². The molecule has 0 saturated heterocycles. The Morgan fingerprint density at radius 1 is 0.879 bits per heavy atom. The Balaban J connectivity index is 2.31. The standard InChI is InChI=1S/C25H27NO7/c1-31-22-10-6-16(12-18(22)15-27)4-8-20(28)19(14-25(26)30)21(29)9-5-17-7-11-23(32-2)24(13-17)33-3/h4-13,27-28H,14-15H2,1-3H3,(H2,26,30)/b8-4+,9-5+,20-19?. The van der Waals surface area contributed by atoms with Crippen molar-refractivity contribution in [3.8, 4) is 17.2 Å². The molecule has 0 aromatic heterocycles. The zero-order valence-electron chi connectivity index (χ0n) is 18.7. The molecule has 33 heavy (non-hydrogen) atoms. The summed E-state index contributed by atoms with van der Waals surface area (Å²) < 4.78 is 15.6. The van der Waals surface area contributed by atoms with E-state index in [4.69, 9.17) is 19.9 Å². The summed E-state index contributed by atoms with van der Waals surface area (Å²) in [7, 11) is 4.52. The van der Waals surface area contributed by atoms with Crippen molar-refractivity contribution in [2.24, 2.45) is 5.73 Å². The van der Waals surface area contributed by atoms with Crippen molar-refractivity contribution in [2.45, 2.75) is 13.0 Å². The third-order valence-electron chi connectivity index (χ3n) is 4.70. The van der Waals surface area contributed by atoms with Crippen molar-refractivity contribution in [1.82, 2.24) is 0 Å². The van der Waals surface area contributed by atoms with Gasteiger partial charge in [0.15, 0.2) is 17.3 Å². The zero-order valence-corrected chi connectivity index (χ0v) is 18.7. The van der Waals surface area contributed by atoms with Crippen molar-refractivity contribution in [3.63, 3.8) is 0 Å². The van der Waals surface area contributed by atoms with Crippen LogP contribution in [0.15, 0.2) is 59.9 Å². The van der Waals surface area contributed by atoms with E-state index in [-0.39, 0.29) is 12.2 Å². The van der Waals surface area contributed by atoms with Gasteiger partial charge >= 0.3 is 0 Å². The fraction of sp³-hybridized carbons (Fsp3) is 0.200. The smallest absolute Gasteiger partial charge is 0.222 e. The van der Waals surface area contributed by atoms with Crippen LogP contribution < -0.4 is 19.9 Å². The number of primary amides is 1. The minimum absolute atomic E-state index is 0.147. The minimum atomic E-state index is -0.759. The van der Waals surface area contributed by atoms with E-state index in [9.17, 15) is 19.8 Å². The van der Waals surface area contributed by atoms with Gasteiger partial charge in [0, 0.05) is 5.56 Å². The lowest BCUT2D eigenvalue weighted by Gasteiger charge is -2.08. The Morgan fingerprint density at radius 3 is 2.03 bits per heavy atom. The number of ketones is 1. The molecule has 0 aliphatic heterocycles. The molecule has 1 amide bonds. The molecule has 8 heteroatoms. The molecular formula is C25H27NO7. The molecule has 2 aromatic carbocycles. The average molecular weight is 453 g/mol. The first-order chi connectivity index (χ1) is 15.8. The summed E-state index contributed by atoms with van der Waals surface area (Å²) in [6.45, 7) is -0.223. The normalized spacial score (nSPS) is 12.0. The molecular weight excluding hydrogens is 426 g/mol. The molecule has 0 aliphatic carbocycles. The summed E-state index contributed by atoms with van der Waals surface area (Å²) in [5.74, 6) is -0.161. The molecule has 0 heterocycles. The highest BCUT2D eigenvalue weighted by Gasteiger charge is 2.15. The van der Waals surface area contributed by atoms with Gasteiger partial charge in [0.1, 0.15) is 11.5 Å². The molecule has 0 aliphatic rings. The van der Waals surface area contributed by atoms with Gasteiger partial charge in [-0.2, -0.15) is 0 Å². The predicted molar refractivity (Wildman–Crippen MR) is 125 cm³/mol. The number of allylic oxidation sites excluding steroid dienone is 2. The highest BCUT2D eigenvalue weighted by Crippen LogP contribution is 2.28. The summed E-state index contributed by atoms with van der Waals surface area (Å²) in [6.07, 6.45) is 5.17. The van der Waals surface area contributed by atoms with Crippen molar-refractivity contribution < 1.29 is 34.0 Å². The summed E-state index contributed by atoms with van der Waals surface area (Å²) in [6, 6.07) is 10.2. The Labute approximate surface area is 192 Å². The van der Waals surface area contributed by atoms with E-state index in [1.54, 1.807) is 42.5 Å². The third kappa shape index (κ3) is 6.98. The maximum atomic E-state index is 12.7. The Morgan fingerprint density at radius 2 is 1.45 bits per heavy atom. The minimum Gasteiger partial charge on any atom is -0.508 e. The summed E-state index contributed by atoms with van der Waals surface area (Å²) in [4.78, 5) is 24.2. The SMILES string of the molecule is COc1ccc(/C=C/C(O)=C(CC(N)=O)C(=O)/C=C/c2ccc(OC)c(OC)c2)cc1CO. The number of ether oxygens (including phenoxy) is 3. The number of aliphatic hydroxyl groups is 2. The first-order valence-corrected chi connectivity index (χ1v) is 9.93. The van der Waals surface area contributed by atoms with Gasteiger partial charge in [0.05, 0.1) is 39.9 Å². The molecule has 2 aromatic rings. The molecule has 174 valence electrons. The second-order valence-electron chi connectivity index (χ2n) is 6.88. The second-order valence-corrected chi connectivity index (χ2v) is 6.88. The fourth-order valence-electron chi connectivity index (χ4n) is 3.01. The molecule has 0 unspecified atom stereocenters. The van der Waals surface area contributed by atoms with E-state index in [0.29, 0.717) is 33.9 Å². The summed E-state index contributed by atoms with van der Waals surface area (Å²) >= 11 is 0. The first-order valence-electron chi connectivity index (χ1n) is 9.93. The highest BCUT2D eigenvalue weighted by atomic mass is 16.5. The number of carbonyl (C=O) groups is 2. The van der Waals surface area contributed by atoms with Crippen LogP contribution in [0.2, 0.25) is 0 Å². The van der Waals surface area contributed by atoms with Crippen LogP contribution >= 0.6 is 0 Å². The van der Waals surface area contributed by atoms with E-state index in [1.165, 1.54) is 39.6 Å². The number of nitrogens with two attached hydrogens (primary N) is 1. The molecule has 0 radical (unpaired) electrons. The van der Waals surface area contributed by atoms with Gasteiger partial charge in [-0.3, -0.25) is 9.59 Å². The number of carbonyl (C=O) groups excluding carboxylic acids is 2. The maximum Gasteiger partial charge on any atom is 0.222 e. The molecule has 0 saturated carbocycles. The van der Waals surface area contributed by atoms with Gasteiger partial charge in [0.25, 0.3) is 0 Å². The van der Waals surface area contributed by atoms with Gasteiger partial charge in [-0.05, 0) is 47.5 Å². The summed E-state index contributed by atoms with van der Waals surface area (Å²) in [5.41, 5.74) is 6.99. The van der Waals surface area contributed by atoms with E-state index in [0.717, 1.165) is 0 Å². The third-order valence-corrected chi connectivity index (χ3v) is 4.70. The lowest BCUT2D eigenvalue weighted by atomic mass is 10.0. The molecule has 0 atom stereocenters. The second kappa shape index (κ2) is 12.1. The largest absolute Gasteiger partial charge is 0.508 e. The van der Waals surface area contributed by atoms with E-state index in [1.807, 2.05) is 0 Å². The summed E-state index contributed by atoms with van der Waals surface area (Å²) in [5, 5.41) is 19.9. The van der Waals surface area contributed by atoms with E-state index >= 15 is 0 Å². The van der Waals surface area contributed by atoms with Crippen molar-refractivity contribution in [2.75, 3.05) is 21.3 Å². The number of benzene rings is 2. The number of hydrogen-bond donors (Lipinski definition) is 3. The molecule has 0 fully saturated rings. The van der Waals surface area contributed by atoms with Crippen molar-refractivity contribution in [1.29, 1.82) is 0 Å². The van der Waals surface area contributed by atoms with Gasteiger partial charge in [-0.15, -0.1) is 0 Å². The molecule has 4 N–H and O–H groups in total. The number of rotatable bonds is 11. The van der Waals surface area contributed by atoms with Crippen LogP contribution in [-0.2, 0) is 16.2 Å². The van der Waals surface area contributed by atoms with Crippen molar-refractivity contribution >= 4 is 23.8 Å². The lowest BCUT2D eigenvalue weighted by molar-refractivity contribution is -0.119. The Kier molecular flexibility index (Phi) is 9.26. The molecule has 8 nitrogen and oxygen atoms in total. The highest BCUT2D eigenvalue weighted by molar-refractivity contribution is 6.09. The van der Waals surface area contributed by atoms with Crippen LogP contribution in [0.5, 0.6) is 17.2 Å². The van der Waals surface area contributed by atoms with Crippen LogP contribution in [0.25, 0.3) is 12.2 Å². The van der Waals surface area contributed by atoms with E-state index in [2.05, 4.69) is 0 Å². The molecule has 0 bridgehead atoms. The maximum absolute atomic E-state index is 12.7. The Bertz CT molecular complexity index is 1100. The van der Waals surface area contributed by atoms with Crippen LogP contribution in [0, 0.1) is 0 Å². The zero-order chi connectivity index (χ0) is 24.4. The lowest BCUT2D eigenvalue weighted by Crippen LogP contribution is -2.15. The van der Waals surface area contributed by atoms with Crippen molar-refractivity contribution in [3.05, 3.63) is 76.6 Å². The number of amides is 1. The first kappa shape index (κ1) is 25.2. The molecule has 0 spiro atoms. The van der Waals surface area contributed by atoms with Gasteiger partial charge in [-0.25, -0.2) is 0 Å². The van der Waals surface area contributed by atoms with Gasteiger partial charge < -0.3 is 30.2 Å². The monoisotopic (exact) mass is 453 g/mol. The van der Waals surface area contributed by atoms with Gasteiger partial charge in [-0.1, -0.05) is 24.3 Å². The number of methoxy groups -OCH3 is 3. The average Bonchev–Trinajstić information content (AvgIpc) is 2.83. The van der Waals surface area contributed by atoms with Gasteiger partial charge in [0.2, 0.25) is 5.91 Å². The number of aliphatic hydroxyl groups excluding tert-OH is 2. The Hall–Kier alpha value is -4.04. The van der Waals surface area contributed by atoms with E-state index < -0.39 is 23.9 Å². The quantitative estimate of drug-likeness (QED) is 0.271.